The first kappa shape index (κ1) is 12.3. The van der Waals surface area contributed by atoms with Crippen molar-refractivity contribution in [3.63, 3.8) is 0 Å². The van der Waals surface area contributed by atoms with Crippen LogP contribution in [0, 0.1) is 0 Å². The van der Waals surface area contributed by atoms with Crippen LogP contribution < -0.4 is 4.74 Å². The summed E-state index contributed by atoms with van der Waals surface area (Å²) in [5.74, 6) is 0.175. The Hall–Kier alpha value is -2.11. The Morgan fingerprint density at radius 3 is 2.33 bits per heavy atom. The van der Waals surface area contributed by atoms with E-state index in [1.165, 1.54) is 31.6 Å². The van der Waals surface area contributed by atoms with Crippen LogP contribution in [0.2, 0.25) is 0 Å². The van der Waals surface area contributed by atoms with Gasteiger partial charge in [0.2, 0.25) is 0 Å². The first-order valence-electron chi connectivity index (χ1n) is 5.05. The number of aromatic nitrogens is 2. The number of benzene rings is 1. The molecule has 2 rings (SSSR count). The normalized spacial score (nSPS) is 11.3. The van der Waals surface area contributed by atoms with E-state index in [1.54, 1.807) is 6.07 Å². The molecule has 0 bridgehead atoms. The van der Waals surface area contributed by atoms with Gasteiger partial charge >= 0.3 is 6.18 Å². The highest BCUT2D eigenvalue weighted by atomic mass is 19.4. The molecule has 0 fully saturated rings. The van der Waals surface area contributed by atoms with Crippen molar-refractivity contribution in [2.45, 2.75) is 6.18 Å². The average Bonchev–Trinajstić information content (AvgIpc) is 2.38. The predicted octanol–water partition coefficient (Wildman–Crippen LogP) is 3.17. The highest BCUT2D eigenvalue weighted by Gasteiger charge is 2.34. The summed E-state index contributed by atoms with van der Waals surface area (Å²) in [6.07, 6.45) is -1.69. The Balaban J connectivity index is 2.61. The van der Waals surface area contributed by atoms with Crippen LogP contribution in [-0.4, -0.2) is 17.1 Å². The van der Waals surface area contributed by atoms with E-state index in [-0.39, 0.29) is 17.1 Å². The molecule has 3 nitrogen and oxygen atoms in total. The molecule has 0 spiro atoms. The Bertz CT molecular complexity index is 541. The molecule has 18 heavy (non-hydrogen) atoms. The van der Waals surface area contributed by atoms with Crippen LogP contribution in [0.3, 0.4) is 0 Å². The first-order valence-corrected chi connectivity index (χ1v) is 5.05. The Kier molecular flexibility index (Phi) is 3.18. The summed E-state index contributed by atoms with van der Waals surface area (Å²) < 4.78 is 43.6. The molecule has 1 aromatic heterocycles. The van der Waals surface area contributed by atoms with Crippen molar-refractivity contribution in [3.8, 4) is 17.1 Å². The zero-order valence-corrected chi connectivity index (χ0v) is 9.40. The van der Waals surface area contributed by atoms with E-state index < -0.39 is 11.7 Å². The van der Waals surface area contributed by atoms with Crippen molar-refractivity contribution in [1.82, 2.24) is 9.97 Å². The highest BCUT2D eigenvalue weighted by Crippen LogP contribution is 2.37. The summed E-state index contributed by atoms with van der Waals surface area (Å²) in [5, 5.41) is 0. The van der Waals surface area contributed by atoms with E-state index in [0.29, 0.717) is 0 Å². The van der Waals surface area contributed by atoms with Crippen LogP contribution in [-0.2, 0) is 6.18 Å². The van der Waals surface area contributed by atoms with Crippen LogP contribution >= 0.6 is 0 Å². The molecular weight excluding hydrogens is 245 g/mol. The van der Waals surface area contributed by atoms with Crippen molar-refractivity contribution in [2.75, 3.05) is 7.11 Å². The van der Waals surface area contributed by atoms with Crippen LogP contribution in [0.4, 0.5) is 13.2 Å². The topological polar surface area (TPSA) is 35.0 Å². The molecule has 0 atom stereocenters. The molecule has 0 aliphatic carbocycles. The second-order valence-electron chi connectivity index (χ2n) is 3.48. The number of methoxy groups -OCH3 is 1. The largest absolute Gasteiger partial charge is 0.497 e. The summed E-state index contributed by atoms with van der Waals surface area (Å²) in [5.41, 5.74) is -0.878. The van der Waals surface area contributed by atoms with E-state index in [9.17, 15) is 13.2 Å². The van der Waals surface area contributed by atoms with Crippen molar-refractivity contribution < 1.29 is 17.9 Å². The molecular formula is C12H9F3N2O. The quantitative estimate of drug-likeness (QED) is 0.825. The standard InChI is InChI=1S/C12H9F3N2O/c1-18-8-3-4-9(10(7-8)12(13,14)15)11-16-5-2-6-17-11/h2-7H,1H3. The van der Waals surface area contributed by atoms with Gasteiger partial charge in [-0.05, 0) is 24.3 Å². The van der Waals surface area contributed by atoms with E-state index in [0.717, 1.165) is 6.07 Å². The molecule has 0 radical (unpaired) electrons. The van der Waals surface area contributed by atoms with E-state index in [1.807, 2.05) is 0 Å². The fourth-order valence-electron chi connectivity index (χ4n) is 1.52. The van der Waals surface area contributed by atoms with Gasteiger partial charge in [0, 0.05) is 18.0 Å². The van der Waals surface area contributed by atoms with Crippen LogP contribution in [0.15, 0.2) is 36.7 Å². The van der Waals surface area contributed by atoms with Crippen LogP contribution in [0.25, 0.3) is 11.4 Å². The van der Waals surface area contributed by atoms with Crippen molar-refractivity contribution in [2.24, 2.45) is 0 Å². The number of halogens is 3. The molecule has 0 aliphatic rings. The van der Waals surface area contributed by atoms with E-state index in [4.69, 9.17) is 4.74 Å². The Morgan fingerprint density at radius 1 is 1.11 bits per heavy atom. The van der Waals surface area contributed by atoms with Gasteiger partial charge in [-0.1, -0.05) is 0 Å². The van der Waals surface area contributed by atoms with Gasteiger partial charge < -0.3 is 4.74 Å². The molecule has 1 heterocycles. The number of hydrogen-bond acceptors (Lipinski definition) is 3. The Labute approximate surface area is 101 Å². The summed E-state index contributed by atoms with van der Waals surface area (Å²) in [6.45, 7) is 0. The summed E-state index contributed by atoms with van der Waals surface area (Å²) >= 11 is 0. The second kappa shape index (κ2) is 4.64. The lowest BCUT2D eigenvalue weighted by molar-refractivity contribution is -0.137. The van der Waals surface area contributed by atoms with Gasteiger partial charge in [-0.2, -0.15) is 13.2 Å². The highest BCUT2D eigenvalue weighted by molar-refractivity contribution is 5.62. The summed E-state index contributed by atoms with van der Waals surface area (Å²) in [4.78, 5) is 7.65. The molecule has 0 N–H and O–H groups in total. The minimum absolute atomic E-state index is 0.0347. The average molecular weight is 254 g/mol. The van der Waals surface area contributed by atoms with E-state index >= 15 is 0 Å². The fourth-order valence-corrected chi connectivity index (χ4v) is 1.52. The molecule has 0 aliphatic heterocycles. The zero-order valence-electron chi connectivity index (χ0n) is 9.40. The van der Waals surface area contributed by atoms with Gasteiger partial charge in [0.25, 0.3) is 0 Å². The lowest BCUT2D eigenvalue weighted by Gasteiger charge is -2.13. The van der Waals surface area contributed by atoms with Gasteiger partial charge in [0.15, 0.2) is 5.82 Å². The van der Waals surface area contributed by atoms with Crippen molar-refractivity contribution in [3.05, 3.63) is 42.2 Å². The third kappa shape index (κ3) is 2.42. The molecule has 0 unspecified atom stereocenters. The number of rotatable bonds is 2. The minimum atomic E-state index is -4.48. The van der Waals surface area contributed by atoms with Crippen LogP contribution in [0.5, 0.6) is 5.75 Å². The molecule has 2 aromatic rings. The number of hydrogen-bond donors (Lipinski definition) is 0. The summed E-state index contributed by atoms with van der Waals surface area (Å²) in [7, 11) is 1.31. The Morgan fingerprint density at radius 2 is 1.78 bits per heavy atom. The van der Waals surface area contributed by atoms with Gasteiger partial charge in [0.1, 0.15) is 5.75 Å². The van der Waals surface area contributed by atoms with Gasteiger partial charge in [-0.25, -0.2) is 9.97 Å². The molecule has 0 amide bonds. The maximum Gasteiger partial charge on any atom is 0.417 e. The molecule has 0 saturated carbocycles. The first-order chi connectivity index (χ1) is 8.52. The molecule has 0 saturated heterocycles. The van der Waals surface area contributed by atoms with Gasteiger partial charge in [-0.15, -0.1) is 0 Å². The molecule has 94 valence electrons. The minimum Gasteiger partial charge on any atom is -0.497 e. The maximum atomic E-state index is 12.9. The lowest BCUT2D eigenvalue weighted by Crippen LogP contribution is -2.08. The van der Waals surface area contributed by atoms with Crippen molar-refractivity contribution in [1.29, 1.82) is 0 Å². The molecule has 1 aromatic carbocycles. The van der Waals surface area contributed by atoms with Crippen LogP contribution in [0.1, 0.15) is 5.56 Å². The second-order valence-corrected chi connectivity index (χ2v) is 3.48. The summed E-state index contributed by atoms with van der Waals surface area (Å²) in [6, 6.07) is 5.23. The molecule has 6 heteroatoms. The van der Waals surface area contributed by atoms with Crippen molar-refractivity contribution >= 4 is 0 Å². The number of ether oxygens (including phenoxy) is 1. The fraction of sp³-hybridized carbons (Fsp3) is 0.167. The SMILES string of the molecule is COc1ccc(-c2ncccn2)c(C(F)(F)F)c1. The van der Waals surface area contributed by atoms with E-state index in [2.05, 4.69) is 9.97 Å². The third-order valence-electron chi connectivity index (χ3n) is 2.34. The monoisotopic (exact) mass is 254 g/mol. The third-order valence-corrected chi connectivity index (χ3v) is 2.34. The van der Waals surface area contributed by atoms with Gasteiger partial charge in [0.05, 0.1) is 12.7 Å². The number of alkyl halides is 3. The van der Waals surface area contributed by atoms with Gasteiger partial charge in [-0.3, -0.25) is 0 Å². The lowest BCUT2D eigenvalue weighted by atomic mass is 10.1. The number of nitrogens with zero attached hydrogens (tertiary/aromatic N) is 2. The maximum absolute atomic E-state index is 12.9. The predicted molar refractivity (Wildman–Crippen MR) is 59.0 cm³/mol. The zero-order chi connectivity index (χ0) is 13.2. The smallest absolute Gasteiger partial charge is 0.417 e.